The minimum absolute atomic E-state index is 0.0511. The Labute approximate surface area is 92.1 Å². The molecule has 0 aromatic rings. The molecular weight excluding hydrogens is 188 g/mol. The Balaban J connectivity index is 2.03. The molecule has 1 heterocycles. The number of rotatable bonds is 1. The van der Waals surface area contributed by atoms with Gasteiger partial charge in [-0.05, 0) is 31.7 Å². The van der Waals surface area contributed by atoms with Gasteiger partial charge in [0.25, 0.3) is 0 Å². The van der Waals surface area contributed by atoms with Crippen molar-refractivity contribution in [3.8, 4) is 0 Å². The second kappa shape index (κ2) is 3.78. The zero-order valence-electron chi connectivity index (χ0n) is 9.99. The van der Waals surface area contributed by atoms with Crippen molar-refractivity contribution >= 4 is 5.90 Å². The van der Waals surface area contributed by atoms with E-state index in [2.05, 4.69) is 20.8 Å². The van der Waals surface area contributed by atoms with Crippen molar-refractivity contribution in [1.29, 1.82) is 0 Å². The summed E-state index contributed by atoms with van der Waals surface area (Å²) in [4.78, 5) is 4.70. The molecule has 3 nitrogen and oxygen atoms in total. The summed E-state index contributed by atoms with van der Waals surface area (Å²) >= 11 is 0. The number of nitrogens with two attached hydrogens (primary N) is 1. The summed E-state index contributed by atoms with van der Waals surface area (Å²) in [5.41, 5.74) is 5.76. The Morgan fingerprint density at radius 3 is 2.73 bits per heavy atom. The van der Waals surface area contributed by atoms with E-state index in [4.69, 9.17) is 15.5 Å². The lowest BCUT2D eigenvalue weighted by Crippen LogP contribution is -2.34. The first-order chi connectivity index (χ1) is 7.00. The Hall–Kier alpha value is -0.570. The quantitative estimate of drug-likeness (QED) is 0.719. The lowest BCUT2D eigenvalue weighted by atomic mass is 9.84. The van der Waals surface area contributed by atoms with Crippen LogP contribution in [0.1, 0.15) is 40.0 Å². The molecule has 1 fully saturated rings. The number of hydrogen-bond acceptors (Lipinski definition) is 3. The molecule has 0 radical (unpaired) electrons. The van der Waals surface area contributed by atoms with E-state index >= 15 is 0 Å². The van der Waals surface area contributed by atoms with Gasteiger partial charge in [0.2, 0.25) is 0 Å². The van der Waals surface area contributed by atoms with E-state index in [0.717, 1.165) is 25.3 Å². The summed E-state index contributed by atoms with van der Waals surface area (Å²) in [6.07, 6.45) is 3.75. The summed E-state index contributed by atoms with van der Waals surface area (Å²) in [5, 5.41) is 0. The van der Waals surface area contributed by atoms with E-state index in [0.29, 0.717) is 18.1 Å². The van der Waals surface area contributed by atoms with Crippen LogP contribution in [0.5, 0.6) is 0 Å². The van der Waals surface area contributed by atoms with Crippen LogP contribution in [-0.4, -0.2) is 24.6 Å². The Morgan fingerprint density at radius 2 is 2.13 bits per heavy atom. The normalized spacial score (nSPS) is 35.7. The lowest BCUT2D eigenvalue weighted by Gasteiger charge is -2.29. The van der Waals surface area contributed by atoms with Gasteiger partial charge in [-0.15, -0.1) is 0 Å². The molecule has 1 aliphatic carbocycles. The number of aliphatic imine (C=N–C) groups is 1. The van der Waals surface area contributed by atoms with Crippen molar-refractivity contribution in [2.24, 2.45) is 22.1 Å². The van der Waals surface area contributed by atoms with Crippen LogP contribution < -0.4 is 5.73 Å². The summed E-state index contributed by atoms with van der Waals surface area (Å²) < 4.78 is 5.96. The van der Waals surface area contributed by atoms with Crippen LogP contribution in [0.15, 0.2) is 4.99 Å². The fraction of sp³-hybridized carbons (Fsp3) is 0.917. The van der Waals surface area contributed by atoms with Crippen LogP contribution in [0.2, 0.25) is 0 Å². The maximum atomic E-state index is 5.96. The minimum atomic E-state index is 0.0511. The SMILES string of the molecule is CC(C)(C)C1=NC2CCC(CN)CC2O1. The monoisotopic (exact) mass is 210 g/mol. The van der Waals surface area contributed by atoms with E-state index in [9.17, 15) is 0 Å². The van der Waals surface area contributed by atoms with Crippen molar-refractivity contribution in [3.05, 3.63) is 0 Å². The number of ether oxygens (including phenoxy) is 1. The highest BCUT2D eigenvalue weighted by atomic mass is 16.5. The third kappa shape index (κ3) is 2.17. The standard InChI is InChI=1S/C12H22N2O/c1-12(2,3)11-14-9-5-4-8(7-13)6-10(9)15-11/h8-10H,4-7,13H2,1-3H3. The molecule has 0 aromatic carbocycles. The van der Waals surface area contributed by atoms with Crippen LogP contribution >= 0.6 is 0 Å². The Kier molecular flexibility index (Phi) is 2.75. The van der Waals surface area contributed by atoms with Crippen LogP contribution in [-0.2, 0) is 4.74 Å². The van der Waals surface area contributed by atoms with Gasteiger partial charge in [-0.25, -0.2) is 4.99 Å². The smallest absolute Gasteiger partial charge is 0.189 e. The minimum Gasteiger partial charge on any atom is -0.475 e. The van der Waals surface area contributed by atoms with Crippen LogP contribution in [0.3, 0.4) is 0 Å². The van der Waals surface area contributed by atoms with Gasteiger partial charge in [-0.2, -0.15) is 0 Å². The van der Waals surface area contributed by atoms with E-state index < -0.39 is 0 Å². The molecule has 1 aliphatic heterocycles. The lowest BCUT2D eigenvalue weighted by molar-refractivity contribution is 0.112. The predicted molar refractivity (Wildman–Crippen MR) is 61.9 cm³/mol. The molecule has 2 aliphatic rings. The second-order valence-electron chi connectivity index (χ2n) is 5.82. The van der Waals surface area contributed by atoms with Crippen molar-refractivity contribution in [1.82, 2.24) is 0 Å². The van der Waals surface area contributed by atoms with Gasteiger partial charge in [0.1, 0.15) is 6.10 Å². The number of fused-ring (bicyclic) bond motifs is 1. The highest BCUT2D eigenvalue weighted by Gasteiger charge is 2.39. The van der Waals surface area contributed by atoms with Crippen LogP contribution in [0.4, 0.5) is 0 Å². The maximum absolute atomic E-state index is 5.96. The largest absolute Gasteiger partial charge is 0.475 e. The molecule has 0 bridgehead atoms. The molecule has 0 aromatic heterocycles. The van der Waals surface area contributed by atoms with Gasteiger partial charge >= 0.3 is 0 Å². The van der Waals surface area contributed by atoms with Crippen LogP contribution in [0, 0.1) is 11.3 Å². The van der Waals surface area contributed by atoms with Crippen LogP contribution in [0.25, 0.3) is 0 Å². The highest BCUT2D eigenvalue weighted by Crippen LogP contribution is 2.35. The van der Waals surface area contributed by atoms with E-state index in [1.54, 1.807) is 0 Å². The summed E-state index contributed by atoms with van der Waals surface area (Å²) in [6.45, 7) is 7.26. The Bertz CT molecular complexity index is 267. The van der Waals surface area contributed by atoms with E-state index in [1.165, 1.54) is 6.42 Å². The molecule has 3 heteroatoms. The maximum Gasteiger partial charge on any atom is 0.189 e. The van der Waals surface area contributed by atoms with E-state index in [-0.39, 0.29) is 5.41 Å². The van der Waals surface area contributed by atoms with Crippen molar-refractivity contribution in [2.75, 3.05) is 6.54 Å². The highest BCUT2D eigenvalue weighted by molar-refractivity contribution is 5.83. The topological polar surface area (TPSA) is 47.6 Å². The first-order valence-electron chi connectivity index (χ1n) is 5.95. The van der Waals surface area contributed by atoms with Gasteiger partial charge < -0.3 is 10.5 Å². The molecule has 0 amide bonds. The average Bonchev–Trinajstić information content (AvgIpc) is 2.59. The zero-order valence-corrected chi connectivity index (χ0v) is 9.99. The first-order valence-corrected chi connectivity index (χ1v) is 5.95. The molecule has 3 unspecified atom stereocenters. The fourth-order valence-electron chi connectivity index (χ4n) is 2.38. The Morgan fingerprint density at radius 1 is 1.40 bits per heavy atom. The molecular formula is C12H22N2O. The molecule has 1 saturated carbocycles. The van der Waals surface area contributed by atoms with Gasteiger partial charge in [0, 0.05) is 5.41 Å². The van der Waals surface area contributed by atoms with Crippen molar-refractivity contribution in [3.63, 3.8) is 0 Å². The second-order valence-corrected chi connectivity index (χ2v) is 5.82. The molecule has 2 rings (SSSR count). The summed E-state index contributed by atoms with van der Waals surface area (Å²) in [6, 6.07) is 0.405. The summed E-state index contributed by atoms with van der Waals surface area (Å²) in [5.74, 6) is 1.58. The zero-order chi connectivity index (χ0) is 11.1. The third-order valence-corrected chi connectivity index (χ3v) is 3.39. The van der Waals surface area contributed by atoms with Crippen molar-refractivity contribution in [2.45, 2.75) is 52.2 Å². The first kappa shape index (κ1) is 10.9. The van der Waals surface area contributed by atoms with Gasteiger partial charge in [-0.3, -0.25) is 0 Å². The predicted octanol–water partition coefficient (Wildman–Crippen LogP) is 1.96. The molecule has 0 spiro atoms. The molecule has 0 saturated heterocycles. The van der Waals surface area contributed by atoms with Gasteiger partial charge in [-0.1, -0.05) is 20.8 Å². The molecule has 15 heavy (non-hydrogen) atoms. The number of nitrogens with zero attached hydrogens (tertiary/aromatic N) is 1. The van der Waals surface area contributed by atoms with Gasteiger partial charge in [0.05, 0.1) is 6.04 Å². The fourth-order valence-corrected chi connectivity index (χ4v) is 2.38. The van der Waals surface area contributed by atoms with Crippen molar-refractivity contribution < 1.29 is 4.74 Å². The van der Waals surface area contributed by atoms with Gasteiger partial charge in [0.15, 0.2) is 5.90 Å². The summed E-state index contributed by atoms with van der Waals surface area (Å²) in [7, 11) is 0. The van der Waals surface area contributed by atoms with E-state index in [1.807, 2.05) is 0 Å². The molecule has 2 N–H and O–H groups in total. The third-order valence-electron chi connectivity index (χ3n) is 3.39. The average molecular weight is 210 g/mol. The molecule has 3 atom stereocenters. The molecule has 86 valence electrons. The number of hydrogen-bond donors (Lipinski definition) is 1.